The second-order valence-electron chi connectivity index (χ2n) is 9.50. The summed E-state index contributed by atoms with van der Waals surface area (Å²) in [6.07, 6.45) is -2.90. The number of nitrogens with zero attached hydrogens (tertiary/aromatic N) is 3. The normalized spacial score (nSPS) is 16.7. The van der Waals surface area contributed by atoms with Crippen LogP contribution in [0.25, 0.3) is 12.2 Å². The smallest absolute Gasteiger partial charge is 0.281 e. The van der Waals surface area contributed by atoms with Gasteiger partial charge in [0.15, 0.2) is 0 Å². The Morgan fingerprint density at radius 2 is 1.47 bits per heavy atom. The maximum Gasteiger partial charge on any atom is 0.416 e. The van der Waals surface area contributed by atoms with Gasteiger partial charge in [0.1, 0.15) is 0 Å². The lowest BCUT2D eigenvalue weighted by atomic mass is 9.92. The molecule has 1 amide bonds. The van der Waals surface area contributed by atoms with Gasteiger partial charge < -0.3 is 0 Å². The average Bonchev–Trinajstić information content (AvgIpc) is 2.82. The zero-order valence-electron chi connectivity index (χ0n) is 20.9. The number of carbonyl (C=O) groups excluding carboxylic acids is 1. The zero-order chi connectivity index (χ0) is 28.1. The SMILES string of the molecule is CC(=O)N1CC(C)(C)CN=C1NN=CC(C=Cc1ccc(C(F)(F)F)cc1)=Cc1ccc(C(F)(F)F)cc1. The molecule has 0 saturated heterocycles. The molecule has 0 saturated carbocycles. The van der Waals surface area contributed by atoms with Gasteiger partial charge in [-0.2, -0.15) is 31.4 Å². The molecule has 0 unspecified atom stereocenters. The molecular weight excluding hydrogens is 510 g/mol. The molecule has 1 aliphatic rings. The summed E-state index contributed by atoms with van der Waals surface area (Å²) >= 11 is 0. The Kier molecular flexibility index (Phi) is 8.48. The summed E-state index contributed by atoms with van der Waals surface area (Å²) < 4.78 is 77.2. The number of aliphatic imine (C=N–C) groups is 1. The minimum absolute atomic E-state index is 0.210. The number of nitrogens with one attached hydrogen (secondary N) is 1. The number of benzene rings is 2. The molecule has 0 atom stereocenters. The zero-order valence-corrected chi connectivity index (χ0v) is 20.9. The van der Waals surface area contributed by atoms with E-state index in [4.69, 9.17) is 0 Å². The quantitative estimate of drug-likeness (QED) is 0.202. The third kappa shape index (κ3) is 8.06. The Morgan fingerprint density at radius 1 is 0.947 bits per heavy atom. The van der Waals surface area contributed by atoms with Crippen molar-refractivity contribution in [1.82, 2.24) is 10.3 Å². The first kappa shape index (κ1) is 28.7. The molecule has 0 fully saturated rings. The predicted octanol–water partition coefficient (Wildman–Crippen LogP) is 6.64. The van der Waals surface area contributed by atoms with Crippen LogP contribution in [0.3, 0.4) is 0 Å². The van der Waals surface area contributed by atoms with Crippen LogP contribution in [-0.4, -0.2) is 36.1 Å². The van der Waals surface area contributed by atoms with Crippen LogP contribution in [0.1, 0.15) is 43.0 Å². The summed E-state index contributed by atoms with van der Waals surface area (Å²) in [7, 11) is 0. The Labute approximate surface area is 216 Å². The van der Waals surface area contributed by atoms with E-state index in [9.17, 15) is 31.1 Å². The lowest BCUT2D eigenvalue weighted by Gasteiger charge is -2.35. The number of hydrogen-bond donors (Lipinski definition) is 1. The largest absolute Gasteiger partial charge is 0.416 e. The lowest BCUT2D eigenvalue weighted by Crippen LogP contribution is -2.51. The average molecular weight is 537 g/mol. The fraction of sp³-hybridized carbons (Fsp3) is 0.296. The highest BCUT2D eigenvalue weighted by Crippen LogP contribution is 2.30. The van der Waals surface area contributed by atoms with Crippen molar-refractivity contribution in [3.63, 3.8) is 0 Å². The lowest BCUT2D eigenvalue weighted by molar-refractivity contribution is -0.138. The van der Waals surface area contributed by atoms with Gasteiger partial charge >= 0.3 is 12.4 Å². The van der Waals surface area contributed by atoms with Gasteiger partial charge in [-0.05, 0) is 47.0 Å². The minimum atomic E-state index is -4.48. The Bertz CT molecular complexity index is 1250. The van der Waals surface area contributed by atoms with Crippen molar-refractivity contribution in [1.29, 1.82) is 0 Å². The molecule has 2 aromatic carbocycles. The minimum Gasteiger partial charge on any atom is -0.281 e. The van der Waals surface area contributed by atoms with Gasteiger partial charge in [-0.15, -0.1) is 0 Å². The monoisotopic (exact) mass is 536 g/mol. The molecule has 2 aromatic rings. The third-order valence-electron chi connectivity index (χ3n) is 5.53. The first-order valence-corrected chi connectivity index (χ1v) is 11.5. The second kappa shape index (κ2) is 11.2. The molecule has 5 nitrogen and oxygen atoms in total. The number of hydrogen-bond acceptors (Lipinski definition) is 4. The summed E-state index contributed by atoms with van der Waals surface area (Å²) in [5, 5.41) is 4.14. The summed E-state index contributed by atoms with van der Waals surface area (Å²) in [6.45, 7) is 6.26. The van der Waals surface area contributed by atoms with Crippen LogP contribution in [-0.2, 0) is 17.1 Å². The first-order chi connectivity index (χ1) is 17.6. The maximum atomic E-state index is 12.9. The molecule has 3 rings (SSSR count). The molecule has 1 aliphatic heterocycles. The Hall–Kier alpha value is -3.89. The van der Waals surface area contributed by atoms with Crippen LogP contribution in [0.2, 0.25) is 0 Å². The van der Waals surface area contributed by atoms with Crippen LogP contribution in [0, 0.1) is 5.41 Å². The predicted molar refractivity (Wildman–Crippen MR) is 135 cm³/mol. The van der Waals surface area contributed by atoms with E-state index in [2.05, 4.69) is 15.5 Å². The van der Waals surface area contributed by atoms with Gasteiger partial charge in [0.05, 0.1) is 17.3 Å². The molecule has 0 radical (unpaired) electrons. The van der Waals surface area contributed by atoms with Gasteiger partial charge in [0, 0.05) is 25.4 Å². The van der Waals surface area contributed by atoms with Gasteiger partial charge in [-0.25, -0.2) is 5.43 Å². The van der Waals surface area contributed by atoms with E-state index >= 15 is 0 Å². The van der Waals surface area contributed by atoms with Crippen molar-refractivity contribution in [2.24, 2.45) is 15.5 Å². The summed E-state index contributed by atoms with van der Waals surface area (Å²) in [5.41, 5.74) is 2.28. The van der Waals surface area contributed by atoms with Gasteiger partial charge in [-0.1, -0.05) is 50.3 Å². The van der Waals surface area contributed by atoms with Crippen molar-refractivity contribution in [2.45, 2.75) is 33.1 Å². The fourth-order valence-corrected chi connectivity index (χ4v) is 3.51. The topological polar surface area (TPSA) is 57.1 Å². The van der Waals surface area contributed by atoms with Crippen LogP contribution < -0.4 is 5.43 Å². The molecule has 0 bridgehead atoms. The summed E-state index contributed by atoms with van der Waals surface area (Å²) in [4.78, 5) is 17.9. The highest BCUT2D eigenvalue weighted by molar-refractivity contribution is 5.97. The van der Waals surface area contributed by atoms with Crippen LogP contribution in [0.15, 0.2) is 70.3 Å². The number of amides is 1. The number of guanidine groups is 1. The van der Waals surface area contributed by atoms with E-state index in [-0.39, 0.29) is 17.3 Å². The second-order valence-corrected chi connectivity index (χ2v) is 9.50. The van der Waals surface area contributed by atoms with E-state index in [0.29, 0.717) is 29.8 Å². The first-order valence-electron chi connectivity index (χ1n) is 11.5. The molecule has 0 aromatic heterocycles. The van der Waals surface area contributed by atoms with Gasteiger partial charge in [-0.3, -0.25) is 14.7 Å². The van der Waals surface area contributed by atoms with Crippen molar-refractivity contribution in [3.8, 4) is 0 Å². The number of carbonyl (C=O) groups is 1. The molecule has 0 aliphatic carbocycles. The van der Waals surface area contributed by atoms with Crippen molar-refractivity contribution in [3.05, 3.63) is 82.4 Å². The molecule has 0 spiro atoms. The highest BCUT2D eigenvalue weighted by Gasteiger charge is 2.31. The van der Waals surface area contributed by atoms with E-state index in [0.717, 1.165) is 24.3 Å². The molecule has 1 heterocycles. The van der Waals surface area contributed by atoms with E-state index in [1.54, 1.807) is 18.2 Å². The van der Waals surface area contributed by atoms with Gasteiger partial charge in [0.2, 0.25) is 11.9 Å². The van der Waals surface area contributed by atoms with Crippen molar-refractivity contribution < 1.29 is 31.1 Å². The van der Waals surface area contributed by atoms with E-state index in [1.807, 2.05) is 13.8 Å². The molecule has 11 heteroatoms. The number of allylic oxidation sites excluding steroid dienone is 2. The maximum absolute atomic E-state index is 12.9. The molecule has 202 valence electrons. The Balaban J connectivity index is 1.87. The summed E-state index contributed by atoms with van der Waals surface area (Å²) in [6, 6.07) is 8.98. The van der Waals surface area contributed by atoms with E-state index in [1.165, 1.54) is 42.3 Å². The van der Waals surface area contributed by atoms with E-state index < -0.39 is 23.5 Å². The number of rotatable bonds is 5. The Morgan fingerprint density at radius 3 is 1.97 bits per heavy atom. The molecule has 38 heavy (non-hydrogen) atoms. The number of alkyl halides is 6. The van der Waals surface area contributed by atoms with Crippen LogP contribution >= 0.6 is 0 Å². The third-order valence-corrected chi connectivity index (χ3v) is 5.53. The van der Waals surface area contributed by atoms with Crippen LogP contribution in [0.4, 0.5) is 26.3 Å². The number of halogens is 6. The van der Waals surface area contributed by atoms with Crippen molar-refractivity contribution in [2.75, 3.05) is 13.1 Å². The van der Waals surface area contributed by atoms with Gasteiger partial charge in [0.25, 0.3) is 0 Å². The fourth-order valence-electron chi connectivity index (χ4n) is 3.51. The van der Waals surface area contributed by atoms with Crippen LogP contribution in [0.5, 0.6) is 0 Å². The standard InChI is InChI=1S/C27H26F6N4O/c1-18(38)37-17-25(2,3)16-34-24(37)36-35-15-21(14-20-8-12-23(13-9-20)27(31,32)33)5-4-19-6-10-22(11-7-19)26(28,29)30/h4-15H,16-17H2,1-3H3,(H,34,36). The molecular formula is C27H26F6N4O. The number of hydrazone groups is 1. The van der Waals surface area contributed by atoms with Crippen molar-refractivity contribution >= 4 is 30.2 Å². The molecule has 1 N–H and O–H groups in total. The summed E-state index contributed by atoms with van der Waals surface area (Å²) in [5.74, 6) is 0.0376. The highest BCUT2D eigenvalue weighted by atomic mass is 19.4.